The van der Waals surface area contributed by atoms with Crippen molar-refractivity contribution < 1.29 is 14.3 Å². The van der Waals surface area contributed by atoms with Crippen molar-refractivity contribution >= 4 is 5.91 Å². The zero-order valence-electron chi connectivity index (χ0n) is 13.3. The zero-order valence-corrected chi connectivity index (χ0v) is 13.3. The van der Waals surface area contributed by atoms with Crippen LogP contribution in [0.5, 0.6) is 0 Å². The van der Waals surface area contributed by atoms with Gasteiger partial charge < -0.3 is 14.8 Å². The molecule has 23 heavy (non-hydrogen) atoms. The summed E-state index contributed by atoms with van der Waals surface area (Å²) in [6.45, 7) is 3.48. The Bertz CT molecular complexity index is 678. The van der Waals surface area contributed by atoms with Crippen LogP contribution in [0.1, 0.15) is 40.5 Å². The van der Waals surface area contributed by atoms with Gasteiger partial charge >= 0.3 is 0 Å². The molecule has 0 aromatic carbocycles. The second-order valence-corrected chi connectivity index (χ2v) is 6.17. The molecule has 1 amide bonds. The Hall–Kier alpha value is -2.21. The number of hydrogen-bond acceptors (Lipinski definition) is 5. The summed E-state index contributed by atoms with van der Waals surface area (Å²) in [4.78, 5) is 20.6. The lowest BCUT2D eigenvalue weighted by Gasteiger charge is -2.38. The molecule has 2 N–H and O–H groups in total. The number of oxazole rings is 1. The number of hydrogen-bond donors (Lipinski definition) is 2. The monoisotopic (exact) mass is 315 g/mol. The maximum Gasteiger partial charge on any atom is 0.289 e. The highest BCUT2D eigenvalue weighted by atomic mass is 16.4. The van der Waals surface area contributed by atoms with Crippen LogP contribution in [0.4, 0.5) is 0 Å². The van der Waals surface area contributed by atoms with E-state index in [2.05, 4.69) is 15.3 Å². The summed E-state index contributed by atoms with van der Waals surface area (Å²) in [5.41, 5.74) is 1.70. The van der Waals surface area contributed by atoms with Gasteiger partial charge in [-0.1, -0.05) is 0 Å². The largest absolute Gasteiger partial charge is 0.436 e. The number of aliphatic hydroxyl groups is 1. The number of nitrogens with zero attached hydrogens (tertiary/aromatic N) is 2. The Balaban J connectivity index is 1.73. The third kappa shape index (κ3) is 3.59. The molecule has 1 aliphatic carbocycles. The second kappa shape index (κ2) is 6.50. The maximum atomic E-state index is 12.5. The Morgan fingerprint density at radius 1 is 1.39 bits per heavy atom. The molecule has 0 radical (unpaired) electrons. The second-order valence-electron chi connectivity index (χ2n) is 6.17. The third-order valence-corrected chi connectivity index (χ3v) is 4.35. The van der Waals surface area contributed by atoms with Gasteiger partial charge in [-0.15, -0.1) is 0 Å². The lowest BCUT2D eigenvalue weighted by Crippen LogP contribution is -2.48. The van der Waals surface area contributed by atoms with Gasteiger partial charge in [0.2, 0.25) is 5.76 Å². The number of aryl methyl sites for hydroxylation is 2. The first-order valence-electron chi connectivity index (χ1n) is 7.85. The summed E-state index contributed by atoms with van der Waals surface area (Å²) in [7, 11) is 0. The predicted octanol–water partition coefficient (Wildman–Crippen LogP) is 1.80. The highest BCUT2D eigenvalue weighted by molar-refractivity contribution is 5.92. The van der Waals surface area contributed by atoms with Gasteiger partial charge in [-0.3, -0.25) is 9.78 Å². The molecule has 2 aromatic heterocycles. The van der Waals surface area contributed by atoms with Gasteiger partial charge in [0.15, 0.2) is 5.89 Å². The standard InChI is InChI=1S/C17H21N3O3/c1-10-16(23-11(2)19-10)17(22)20-15(13-8-14(21)9-13)7-12-3-5-18-6-4-12/h3-6,13-15,21H,7-9H2,1-2H3,(H,20,22)/t13?,14?,15-/m0/s1. The van der Waals surface area contributed by atoms with Gasteiger partial charge in [-0.25, -0.2) is 4.98 Å². The Morgan fingerprint density at radius 3 is 2.65 bits per heavy atom. The molecule has 3 rings (SSSR count). The van der Waals surface area contributed by atoms with Crippen molar-refractivity contribution in [2.45, 2.75) is 45.3 Å². The average molecular weight is 315 g/mol. The summed E-state index contributed by atoms with van der Waals surface area (Å²) in [6, 6.07) is 3.84. The van der Waals surface area contributed by atoms with Crippen LogP contribution in [0.3, 0.4) is 0 Å². The first-order valence-corrected chi connectivity index (χ1v) is 7.85. The van der Waals surface area contributed by atoms with E-state index in [1.165, 1.54) is 0 Å². The molecule has 6 nitrogen and oxygen atoms in total. The van der Waals surface area contributed by atoms with Crippen molar-refractivity contribution in [3.8, 4) is 0 Å². The maximum absolute atomic E-state index is 12.5. The van der Waals surface area contributed by atoms with Crippen LogP contribution in [0, 0.1) is 19.8 Å². The Kier molecular flexibility index (Phi) is 4.43. The number of carbonyl (C=O) groups is 1. The molecule has 0 bridgehead atoms. The van der Waals surface area contributed by atoms with E-state index in [4.69, 9.17) is 4.42 Å². The number of aromatic nitrogens is 2. The molecule has 122 valence electrons. The van der Waals surface area contributed by atoms with E-state index < -0.39 is 0 Å². The van der Waals surface area contributed by atoms with Gasteiger partial charge in [0.05, 0.1) is 11.8 Å². The van der Waals surface area contributed by atoms with Gasteiger partial charge in [0, 0.05) is 25.4 Å². The van der Waals surface area contributed by atoms with Crippen LogP contribution in [0.25, 0.3) is 0 Å². The van der Waals surface area contributed by atoms with E-state index in [9.17, 15) is 9.90 Å². The molecule has 0 unspecified atom stereocenters. The third-order valence-electron chi connectivity index (χ3n) is 4.35. The Labute approximate surface area is 135 Å². The van der Waals surface area contributed by atoms with Crippen molar-refractivity contribution in [2.24, 2.45) is 5.92 Å². The summed E-state index contributed by atoms with van der Waals surface area (Å²) in [5, 5.41) is 12.6. The average Bonchev–Trinajstić information content (AvgIpc) is 2.83. The number of carbonyl (C=O) groups excluding carboxylic acids is 1. The van der Waals surface area contributed by atoms with Crippen molar-refractivity contribution in [2.75, 3.05) is 0 Å². The minimum absolute atomic E-state index is 0.0434. The topological polar surface area (TPSA) is 88.2 Å². The molecule has 0 aliphatic heterocycles. The number of rotatable bonds is 5. The minimum Gasteiger partial charge on any atom is -0.436 e. The molecule has 0 saturated heterocycles. The fourth-order valence-electron chi connectivity index (χ4n) is 3.04. The lowest BCUT2D eigenvalue weighted by molar-refractivity contribution is 0.0236. The van der Waals surface area contributed by atoms with Crippen LogP contribution in [-0.4, -0.2) is 33.1 Å². The number of pyridine rings is 1. The summed E-state index contributed by atoms with van der Waals surface area (Å²) < 4.78 is 5.40. The van der Waals surface area contributed by atoms with E-state index in [0.717, 1.165) is 5.56 Å². The number of aliphatic hydroxyl groups excluding tert-OH is 1. The first-order chi connectivity index (χ1) is 11.0. The molecule has 1 saturated carbocycles. The summed E-state index contributed by atoms with van der Waals surface area (Å²) in [5.74, 6) is 0.773. The highest BCUT2D eigenvalue weighted by Crippen LogP contribution is 2.32. The molecular formula is C17H21N3O3. The number of nitrogens with one attached hydrogen (secondary N) is 1. The lowest BCUT2D eigenvalue weighted by atomic mass is 9.75. The fraction of sp³-hybridized carbons (Fsp3) is 0.471. The molecule has 6 heteroatoms. The normalized spacial score (nSPS) is 21.5. The minimum atomic E-state index is -0.258. The smallest absolute Gasteiger partial charge is 0.289 e. The molecule has 1 atom stereocenters. The van der Waals surface area contributed by atoms with Crippen molar-refractivity contribution in [3.63, 3.8) is 0 Å². The van der Waals surface area contributed by atoms with Crippen LogP contribution in [0.2, 0.25) is 0 Å². The first kappa shape index (κ1) is 15.7. The fourth-order valence-corrected chi connectivity index (χ4v) is 3.04. The zero-order chi connectivity index (χ0) is 16.4. The van der Waals surface area contributed by atoms with Gasteiger partial charge in [0.25, 0.3) is 5.91 Å². The molecule has 1 aliphatic rings. The molecular weight excluding hydrogens is 294 g/mol. The van der Waals surface area contributed by atoms with Crippen LogP contribution in [0.15, 0.2) is 28.9 Å². The van der Waals surface area contributed by atoms with E-state index in [-0.39, 0.29) is 29.7 Å². The van der Waals surface area contributed by atoms with E-state index in [0.29, 0.717) is 30.8 Å². The van der Waals surface area contributed by atoms with E-state index >= 15 is 0 Å². The molecule has 2 aromatic rings. The van der Waals surface area contributed by atoms with Crippen LogP contribution >= 0.6 is 0 Å². The van der Waals surface area contributed by atoms with Gasteiger partial charge in [-0.05, 0) is 49.8 Å². The summed E-state index contributed by atoms with van der Waals surface area (Å²) >= 11 is 0. The van der Waals surface area contributed by atoms with Gasteiger partial charge in [-0.2, -0.15) is 0 Å². The number of amides is 1. The van der Waals surface area contributed by atoms with E-state index in [1.807, 2.05) is 12.1 Å². The molecule has 2 heterocycles. The summed E-state index contributed by atoms with van der Waals surface area (Å²) in [6.07, 6.45) is 5.36. The highest BCUT2D eigenvalue weighted by Gasteiger charge is 2.35. The van der Waals surface area contributed by atoms with Crippen molar-refractivity contribution in [3.05, 3.63) is 47.4 Å². The van der Waals surface area contributed by atoms with E-state index in [1.54, 1.807) is 26.2 Å². The van der Waals surface area contributed by atoms with Crippen LogP contribution < -0.4 is 5.32 Å². The quantitative estimate of drug-likeness (QED) is 0.878. The van der Waals surface area contributed by atoms with Crippen molar-refractivity contribution in [1.82, 2.24) is 15.3 Å². The van der Waals surface area contributed by atoms with Crippen molar-refractivity contribution in [1.29, 1.82) is 0 Å². The molecule has 0 spiro atoms. The molecule has 1 fully saturated rings. The SMILES string of the molecule is Cc1nc(C)c(C(=O)N[C@@H](Cc2ccncc2)C2CC(O)C2)o1. The van der Waals surface area contributed by atoms with Gasteiger partial charge in [0.1, 0.15) is 0 Å². The Morgan fingerprint density at radius 2 is 2.09 bits per heavy atom. The predicted molar refractivity (Wildman–Crippen MR) is 83.9 cm³/mol. The van der Waals surface area contributed by atoms with Crippen LogP contribution in [-0.2, 0) is 6.42 Å².